The number of Topliss-reactive ketones (excluding diaryl/α,β-unsaturated/α-hetero) is 1. The maximum atomic E-state index is 13.1. The van der Waals surface area contributed by atoms with Crippen molar-refractivity contribution in [1.82, 2.24) is 0 Å². The smallest absolute Gasteiger partial charge is 0.231 e. The number of carbonyl (C=O) groups is 1. The Morgan fingerprint density at radius 2 is 1.32 bits per heavy atom. The minimum absolute atomic E-state index is 0.144. The summed E-state index contributed by atoms with van der Waals surface area (Å²) in [7, 11) is 0. The zero-order chi connectivity index (χ0) is 25.7. The zero-order valence-corrected chi connectivity index (χ0v) is 22.4. The third kappa shape index (κ3) is 8.52. The Morgan fingerprint density at radius 3 is 2.03 bits per heavy atom. The Kier molecular flexibility index (Phi) is 10.7. The summed E-state index contributed by atoms with van der Waals surface area (Å²) in [6, 6.07) is 13.9. The average Bonchev–Trinajstić information content (AvgIpc) is 3.38. The Hall–Kier alpha value is -3.01. The highest BCUT2D eigenvalue weighted by Gasteiger charge is 2.21. The lowest BCUT2D eigenvalue weighted by molar-refractivity contribution is -0.112. The topological polar surface area (TPSA) is 44.8 Å². The van der Waals surface area contributed by atoms with Gasteiger partial charge in [0, 0.05) is 11.1 Å². The molecule has 0 bridgehead atoms. The van der Waals surface area contributed by atoms with Crippen LogP contribution in [0.5, 0.6) is 17.2 Å². The second-order valence-corrected chi connectivity index (χ2v) is 10.2. The molecule has 1 fully saturated rings. The molecule has 0 radical (unpaired) electrons. The predicted molar refractivity (Wildman–Crippen MR) is 151 cm³/mol. The van der Waals surface area contributed by atoms with E-state index in [9.17, 15) is 4.79 Å². The Bertz CT molecular complexity index is 1060. The molecule has 0 N–H and O–H groups in total. The molecule has 0 amide bonds. The summed E-state index contributed by atoms with van der Waals surface area (Å²) in [6.07, 6.45) is 19.9. The normalized spacial score (nSPS) is 17.1. The maximum Gasteiger partial charge on any atom is 0.231 e. The van der Waals surface area contributed by atoms with Crippen LogP contribution in [0.25, 0.3) is 12.2 Å². The quantitative estimate of drug-likeness (QED) is 0.191. The fourth-order valence-electron chi connectivity index (χ4n) is 5.02. The Balaban J connectivity index is 1.20. The highest BCUT2D eigenvalue weighted by Crippen LogP contribution is 2.34. The summed E-state index contributed by atoms with van der Waals surface area (Å²) in [4.78, 5) is 13.1. The van der Waals surface area contributed by atoms with Gasteiger partial charge in [-0.1, -0.05) is 82.9 Å². The first kappa shape index (κ1) is 27.0. The Labute approximate surface area is 222 Å². The van der Waals surface area contributed by atoms with E-state index in [-0.39, 0.29) is 12.6 Å². The van der Waals surface area contributed by atoms with Crippen LogP contribution in [0.15, 0.2) is 53.6 Å². The van der Waals surface area contributed by atoms with Crippen LogP contribution in [0.2, 0.25) is 0 Å². The van der Waals surface area contributed by atoms with Crippen LogP contribution >= 0.6 is 0 Å². The highest BCUT2D eigenvalue weighted by atomic mass is 16.7. The fraction of sp³-hybridized carbons (Fsp3) is 0.485. The van der Waals surface area contributed by atoms with Crippen LogP contribution < -0.4 is 14.2 Å². The van der Waals surface area contributed by atoms with E-state index in [1.807, 2.05) is 54.6 Å². The average molecular weight is 503 g/mol. The van der Waals surface area contributed by atoms with Crippen molar-refractivity contribution >= 4 is 17.9 Å². The highest BCUT2D eigenvalue weighted by molar-refractivity contribution is 6.14. The van der Waals surface area contributed by atoms with E-state index in [1.54, 1.807) is 0 Å². The Morgan fingerprint density at radius 1 is 0.730 bits per heavy atom. The number of carbonyl (C=O) groups excluding carboxylic acids is 1. The van der Waals surface area contributed by atoms with Crippen LogP contribution in [0.3, 0.4) is 0 Å². The van der Waals surface area contributed by atoms with Crippen molar-refractivity contribution < 1.29 is 19.0 Å². The van der Waals surface area contributed by atoms with E-state index in [0.717, 1.165) is 71.8 Å². The molecule has 0 spiro atoms. The lowest BCUT2D eigenvalue weighted by atomic mass is 9.87. The van der Waals surface area contributed by atoms with Crippen LogP contribution in [0.1, 0.15) is 102 Å². The second kappa shape index (κ2) is 14.7. The van der Waals surface area contributed by atoms with E-state index in [4.69, 9.17) is 14.2 Å². The van der Waals surface area contributed by atoms with E-state index in [1.165, 1.54) is 57.8 Å². The largest absolute Gasteiger partial charge is 0.494 e. The fourth-order valence-corrected chi connectivity index (χ4v) is 5.02. The molecule has 0 unspecified atom stereocenters. The molecule has 1 heterocycles. The molecule has 1 saturated carbocycles. The van der Waals surface area contributed by atoms with Crippen molar-refractivity contribution in [3.8, 4) is 17.2 Å². The second-order valence-electron chi connectivity index (χ2n) is 10.2. The van der Waals surface area contributed by atoms with E-state index in [0.29, 0.717) is 0 Å². The van der Waals surface area contributed by atoms with Crippen molar-refractivity contribution in [2.24, 2.45) is 0 Å². The van der Waals surface area contributed by atoms with Gasteiger partial charge in [0.05, 0.1) is 6.61 Å². The van der Waals surface area contributed by atoms with Gasteiger partial charge in [0.25, 0.3) is 0 Å². The summed E-state index contributed by atoms with van der Waals surface area (Å²) >= 11 is 0. The minimum Gasteiger partial charge on any atom is -0.494 e. The number of unbranched alkanes of at least 4 members (excludes halogenated alkanes) is 9. The molecule has 4 nitrogen and oxygen atoms in total. The zero-order valence-electron chi connectivity index (χ0n) is 22.4. The number of rotatable bonds is 14. The first-order valence-corrected chi connectivity index (χ1v) is 14.3. The van der Waals surface area contributed by atoms with E-state index in [2.05, 4.69) is 6.92 Å². The number of benzene rings is 2. The van der Waals surface area contributed by atoms with Gasteiger partial charge in [0.1, 0.15) is 5.75 Å². The molecular formula is C33H42O4. The van der Waals surface area contributed by atoms with Crippen molar-refractivity contribution in [2.45, 2.75) is 90.4 Å². The summed E-state index contributed by atoms with van der Waals surface area (Å²) in [6.45, 7) is 3.29. The number of fused-ring (bicyclic) bond motifs is 1. The molecule has 2 aromatic rings. The van der Waals surface area contributed by atoms with Gasteiger partial charge in [-0.15, -0.1) is 0 Å². The minimum atomic E-state index is 0.144. The molecule has 1 aliphatic heterocycles. The van der Waals surface area contributed by atoms with E-state index < -0.39 is 0 Å². The lowest BCUT2D eigenvalue weighted by Gasteiger charge is -2.17. The van der Waals surface area contributed by atoms with Crippen LogP contribution in [0, 0.1) is 0 Å². The third-order valence-corrected chi connectivity index (χ3v) is 7.20. The number of hydrogen-bond acceptors (Lipinski definition) is 4. The summed E-state index contributed by atoms with van der Waals surface area (Å²) in [5, 5.41) is 0. The van der Waals surface area contributed by atoms with Gasteiger partial charge in [0.2, 0.25) is 6.79 Å². The van der Waals surface area contributed by atoms with Gasteiger partial charge in [-0.3, -0.25) is 4.79 Å². The van der Waals surface area contributed by atoms with Gasteiger partial charge in [0.15, 0.2) is 17.3 Å². The van der Waals surface area contributed by atoms with Crippen molar-refractivity contribution in [3.63, 3.8) is 0 Å². The van der Waals surface area contributed by atoms with E-state index >= 15 is 0 Å². The van der Waals surface area contributed by atoms with Crippen molar-refractivity contribution in [1.29, 1.82) is 0 Å². The standard InChI is InChI=1S/C33H42O4/c1-2-3-4-5-6-7-8-9-10-11-21-35-30-18-15-26(16-19-30)22-28-13-12-14-29(33(28)34)23-27-17-20-31-32(24-27)37-25-36-31/h15-20,22-24H,2-14,21,25H2,1H3/b28-22-,29-23-. The molecule has 1 aliphatic carbocycles. The van der Waals surface area contributed by atoms with Crippen LogP contribution in [-0.2, 0) is 4.79 Å². The van der Waals surface area contributed by atoms with Crippen LogP contribution in [-0.4, -0.2) is 19.2 Å². The maximum absolute atomic E-state index is 13.1. The van der Waals surface area contributed by atoms with Gasteiger partial charge < -0.3 is 14.2 Å². The van der Waals surface area contributed by atoms with Gasteiger partial charge >= 0.3 is 0 Å². The van der Waals surface area contributed by atoms with Crippen molar-refractivity contribution in [3.05, 3.63) is 64.7 Å². The van der Waals surface area contributed by atoms with Gasteiger partial charge in [-0.05, 0) is 73.2 Å². The third-order valence-electron chi connectivity index (χ3n) is 7.20. The number of hydrogen-bond donors (Lipinski definition) is 0. The molecule has 2 aliphatic rings. The van der Waals surface area contributed by atoms with Gasteiger partial charge in [-0.25, -0.2) is 0 Å². The molecule has 0 saturated heterocycles. The predicted octanol–water partition coefficient (Wildman–Crippen LogP) is 8.94. The molecule has 2 aromatic carbocycles. The summed E-state index contributed by atoms with van der Waals surface area (Å²) < 4.78 is 16.8. The van der Waals surface area contributed by atoms with Gasteiger partial charge in [-0.2, -0.15) is 0 Å². The van der Waals surface area contributed by atoms with Crippen LogP contribution in [0.4, 0.5) is 0 Å². The SMILES string of the molecule is CCCCCCCCCCCCOc1ccc(/C=C2/CCC/C(=C/c3ccc4c(c3)OCO4)C2=O)cc1. The molecule has 4 rings (SSSR count). The molecule has 4 heteroatoms. The van der Waals surface area contributed by atoms with Crippen molar-refractivity contribution in [2.75, 3.05) is 13.4 Å². The number of ether oxygens (including phenoxy) is 3. The molecular weight excluding hydrogens is 460 g/mol. The lowest BCUT2D eigenvalue weighted by Crippen LogP contribution is -2.12. The first-order chi connectivity index (χ1) is 18.2. The summed E-state index contributed by atoms with van der Waals surface area (Å²) in [5.74, 6) is 2.54. The molecule has 0 atom stereocenters. The molecule has 198 valence electrons. The molecule has 37 heavy (non-hydrogen) atoms. The first-order valence-electron chi connectivity index (χ1n) is 14.3. The summed E-state index contributed by atoms with van der Waals surface area (Å²) in [5.41, 5.74) is 3.74. The number of ketones is 1. The molecule has 0 aromatic heterocycles. The monoisotopic (exact) mass is 502 g/mol. The number of allylic oxidation sites excluding steroid dienone is 2.